The lowest BCUT2D eigenvalue weighted by molar-refractivity contribution is 0.0851. The number of benzene rings is 2. The van der Waals surface area contributed by atoms with Gasteiger partial charge in [0.1, 0.15) is 5.75 Å². The third kappa shape index (κ3) is 4.61. The van der Waals surface area contributed by atoms with Crippen molar-refractivity contribution < 1.29 is 14.3 Å². The molecule has 1 fully saturated rings. The van der Waals surface area contributed by atoms with Crippen LogP contribution in [0.3, 0.4) is 0 Å². The van der Waals surface area contributed by atoms with E-state index in [1.54, 1.807) is 36.3 Å². The van der Waals surface area contributed by atoms with E-state index in [0.29, 0.717) is 35.1 Å². The number of carbonyl (C=O) groups is 2. The molecule has 1 aliphatic rings. The molecule has 2 amide bonds. The average molecular weight is 387 g/mol. The molecule has 1 saturated heterocycles. The number of nitrogens with one attached hydrogen (secondary N) is 1. The van der Waals surface area contributed by atoms with Gasteiger partial charge in [0.2, 0.25) is 0 Å². The highest BCUT2D eigenvalue weighted by Gasteiger charge is 2.29. The van der Waals surface area contributed by atoms with Gasteiger partial charge in [0.25, 0.3) is 0 Å². The van der Waals surface area contributed by atoms with Crippen molar-refractivity contribution in [2.75, 3.05) is 25.5 Å². The smallest absolute Gasteiger partial charge is 0.321 e. The van der Waals surface area contributed by atoms with Gasteiger partial charge in [0.05, 0.1) is 12.8 Å². The summed E-state index contributed by atoms with van der Waals surface area (Å²) < 4.78 is 5.32. The summed E-state index contributed by atoms with van der Waals surface area (Å²) in [6.45, 7) is 2.97. The third-order valence-corrected chi connectivity index (χ3v) is 5.02. The normalized spacial score (nSPS) is 16.7. The molecule has 5 nitrogen and oxygen atoms in total. The van der Waals surface area contributed by atoms with Gasteiger partial charge in [0.15, 0.2) is 5.78 Å². The summed E-state index contributed by atoms with van der Waals surface area (Å²) in [4.78, 5) is 27.2. The summed E-state index contributed by atoms with van der Waals surface area (Å²) in [6, 6.07) is 12.4. The molecular weight excluding hydrogens is 364 g/mol. The summed E-state index contributed by atoms with van der Waals surface area (Å²) in [5, 5.41) is 3.45. The van der Waals surface area contributed by atoms with Crippen LogP contribution in [0.5, 0.6) is 5.75 Å². The number of amides is 2. The Bertz CT molecular complexity index is 853. The van der Waals surface area contributed by atoms with E-state index in [4.69, 9.17) is 16.3 Å². The minimum atomic E-state index is -0.220. The predicted octanol–water partition coefficient (Wildman–Crippen LogP) is 4.78. The van der Waals surface area contributed by atoms with Crippen molar-refractivity contribution in [1.82, 2.24) is 4.90 Å². The number of methoxy groups -OCH3 is 1. The van der Waals surface area contributed by atoms with Crippen LogP contribution in [0.1, 0.15) is 28.8 Å². The SMILES string of the molecule is COc1ccc(C)cc1NC(=O)N1CCC[C@H](C(=O)c2cccc(Cl)c2)C1. The van der Waals surface area contributed by atoms with Gasteiger partial charge in [-0.1, -0.05) is 29.8 Å². The number of piperidine rings is 1. The van der Waals surface area contributed by atoms with Gasteiger partial charge in [-0.3, -0.25) is 4.79 Å². The van der Waals surface area contributed by atoms with Crippen LogP contribution in [0, 0.1) is 12.8 Å². The van der Waals surface area contributed by atoms with E-state index >= 15 is 0 Å². The Hall–Kier alpha value is -2.53. The summed E-state index contributed by atoms with van der Waals surface area (Å²) >= 11 is 6.00. The molecule has 1 heterocycles. The van der Waals surface area contributed by atoms with Crippen LogP contribution in [0.25, 0.3) is 0 Å². The molecule has 1 N–H and O–H groups in total. The van der Waals surface area contributed by atoms with E-state index in [-0.39, 0.29) is 17.7 Å². The maximum Gasteiger partial charge on any atom is 0.321 e. The summed E-state index contributed by atoms with van der Waals surface area (Å²) in [5.74, 6) is 0.419. The minimum absolute atomic E-state index is 0.0307. The van der Waals surface area contributed by atoms with Crippen LogP contribution in [0.2, 0.25) is 5.02 Å². The van der Waals surface area contributed by atoms with Crippen LogP contribution in [-0.2, 0) is 0 Å². The number of carbonyl (C=O) groups excluding carboxylic acids is 2. The molecular formula is C21H23ClN2O3. The Labute approximate surface area is 164 Å². The molecule has 0 spiro atoms. The maximum atomic E-state index is 12.8. The molecule has 1 atom stereocenters. The molecule has 0 unspecified atom stereocenters. The average Bonchev–Trinajstić information content (AvgIpc) is 2.67. The van der Waals surface area contributed by atoms with Crippen molar-refractivity contribution in [3.63, 3.8) is 0 Å². The van der Waals surface area contributed by atoms with Crippen molar-refractivity contribution in [3.05, 3.63) is 58.6 Å². The number of anilines is 1. The quantitative estimate of drug-likeness (QED) is 0.769. The van der Waals surface area contributed by atoms with E-state index in [1.165, 1.54) is 0 Å². The molecule has 6 heteroatoms. The summed E-state index contributed by atoms with van der Waals surface area (Å²) in [5.41, 5.74) is 2.25. The molecule has 0 aliphatic carbocycles. The Morgan fingerprint density at radius 3 is 2.78 bits per heavy atom. The first-order valence-corrected chi connectivity index (χ1v) is 9.36. The fourth-order valence-corrected chi connectivity index (χ4v) is 3.56. The second-order valence-electron chi connectivity index (χ2n) is 6.79. The number of hydrogen-bond acceptors (Lipinski definition) is 3. The Morgan fingerprint density at radius 1 is 1.22 bits per heavy atom. The fraction of sp³-hybridized carbons (Fsp3) is 0.333. The second-order valence-corrected chi connectivity index (χ2v) is 7.23. The molecule has 0 saturated carbocycles. The number of halogens is 1. The molecule has 1 aliphatic heterocycles. The number of Topliss-reactive ketones (excluding diaryl/α,β-unsaturated/α-hetero) is 1. The lowest BCUT2D eigenvalue weighted by atomic mass is 9.90. The predicted molar refractivity (Wildman–Crippen MR) is 107 cm³/mol. The zero-order chi connectivity index (χ0) is 19.4. The monoisotopic (exact) mass is 386 g/mol. The van der Waals surface area contributed by atoms with Crippen molar-refractivity contribution in [3.8, 4) is 5.75 Å². The lowest BCUT2D eigenvalue weighted by Gasteiger charge is -2.32. The molecule has 2 aromatic rings. The number of ketones is 1. The number of ether oxygens (including phenoxy) is 1. The van der Waals surface area contributed by atoms with Gasteiger partial charge in [-0.2, -0.15) is 0 Å². The minimum Gasteiger partial charge on any atom is -0.495 e. The fourth-order valence-electron chi connectivity index (χ4n) is 3.37. The first-order chi connectivity index (χ1) is 13.0. The van der Waals surface area contributed by atoms with Gasteiger partial charge >= 0.3 is 6.03 Å². The maximum absolute atomic E-state index is 12.8. The Morgan fingerprint density at radius 2 is 2.04 bits per heavy atom. The zero-order valence-electron chi connectivity index (χ0n) is 15.5. The largest absolute Gasteiger partial charge is 0.495 e. The number of aryl methyl sites for hydroxylation is 1. The van der Waals surface area contributed by atoms with Crippen molar-refractivity contribution in [2.24, 2.45) is 5.92 Å². The van der Waals surface area contributed by atoms with Crippen molar-refractivity contribution in [2.45, 2.75) is 19.8 Å². The highest BCUT2D eigenvalue weighted by molar-refractivity contribution is 6.31. The van der Waals surface area contributed by atoms with Gasteiger partial charge in [-0.25, -0.2) is 4.79 Å². The van der Waals surface area contributed by atoms with Gasteiger partial charge in [-0.05, 0) is 49.6 Å². The molecule has 142 valence electrons. The number of nitrogens with zero attached hydrogens (tertiary/aromatic N) is 1. The standard InChI is InChI=1S/C21H23ClN2O3/c1-14-8-9-19(27-2)18(11-14)23-21(26)24-10-4-6-16(13-24)20(25)15-5-3-7-17(22)12-15/h3,5,7-9,11-12,16H,4,6,10,13H2,1-2H3,(H,23,26)/t16-/m0/s1. The number of hydrogen-bond donors (Lipinski definition) is 1. The third-order valence-electron chi connectivity index (χ3n) is 4.79. The van der Waals surface area contributed by atoms with E-state index in [2.05, 4.69) is 5.32 Å². The van der Waals surface area contributed by atoms with Crippen molar-refractivity contribution >= 4 is 29.1 Å². The van der Waals surface area contributed by atoms with Crippen LogP contribution in [-0.4, -0.2) is 36.9 Å². The molecule has 0 bridgehead atoms. The van der Waals surface area contributed by atoms with E-state index < -0.39 is 0 Å². The van der Waals surface area contributed by atoms with Crippen LogP contribution >= 0.6 is 11.6 Å². The summed E-state index contributed by atoms with van der Waals surface area (Å²) in [7, 11) is 1.57. The Balaban J connectivity index is 1.70. The van der Waals surface area contributed by atoms with Crippen LogP contribution < -0.4 is 10.1 Å². The topological polar surface area (TPSA) is 58.6 Å². The molecule has 0 aromatic heterocycles. The first-order valence-electron chi connectivity index (χ1n) is 8.98. The van der Waals surface area contributed by atoms with E-state index in [9.17, 15) is 9.59 Å². The zero-order valence-corrected chi connectivity index (χ0v) is 16.3. The van der Waals surface area contributed by atoms with Crippen molar-refractivity contribution in [1.29, 1.82) is 0 Å². The first kappa shape index (κ1) is 19.2. The van der Waals surface area contributed by atoms with Crippen LogP contribution in [0.15, 0.2) is 42.5 Å². The van der Waals surface area contributed by atoms with Crippen LogP contribution in [0.4, 0.5) is 10.5 Å². The highest BCUT2D eigenvalue weighted by Crippen LogP contribution is 2.27. The molecule has 2 aromatic carbocycles. The van der Waals surface area contributed by atoms with Gasteiger partial charge in [0, 0.05) is 29.6 Å². The van der Waals surface area contributed by atoms with Gasteiger partial charge < -0.3 is 15.0 Å². The highest BCUT2D eigenvalue weighted by atomic mass is 35.5. The number of urea groups is 1. The van der Waals surface area contributed by atoms with E-state index in [0.717, 1.165) is 18.4 Å². The van der Waals surface area contributed by atoms with E-state index in [1.807, 2.05) is 25.1 Å². The number of likely N-dealkylation sites (tertiary alicyclic amines) is 1. The molecule has 0 radical (unpaired) electrons. The van der Waals surface area contributed by atoms with Gasteiger partial charge in [-0.15, -0.1) is 0 Å². The Kier molecular flexibility index (Phi) is 6.01. The molecule has 27 heavy (non-hydrogen) atoms. The number of rotatable bonds is 4. The summed E-state index contributed by atoms with van der Waals surface area (Å²) in [6.07, 6.45) is 1.55. The molecule has 3 rings (SSSR count). The lowest BCUT2D eigenvalue weighted by Crippen LogP contribution is -2.44. The second kappa shape index (κ2) is 8.44.